The Hall–Kier alpha value is -0.650. The van der Waals surface area contributed by atoms with E-state index in [1.54, 1.807) is 0 Å². The first-order chi connectivity index (χ1) is 9.22. The molecule has 0 spiro atoms. The molecule has 19 heavy (non-hydrogen) atoms. The van der Waals surface area contributed by atoms with E-state index in [-0.39, 0.29) is 11.9 Å². The molecular weight excluding hydrogens is 242 g/mol. The van der Waals surface area contributed by atoms with Crippen LogP contribution in [0.15, 0.2) is 0 Å². The number of hydrogen-bond donors (Lipinski definition) is 1. The maximum atomic E-state index is 12.4. The number of nitrogens with one attached hydrogen (secondary N) is 1. The Balaban J connectivity index is 1.84. The third-order valence-corrected chi connectivity index (χ3v) is 4.34. The van der Waals surface area contributed by atoms with Crippen molar-refractivity contribution < 1.29 is 9.53 Å². The van der Waals surface area contributed by atoms with E-state index in [0.29, 0.717) is 25.8 Å². The van der Waals surface area contributed by atoms with Gasteiger partial charge in [0.2, 0.25) is 5.91 Å². The van der Waals surface area contributed by atoms with Gasteiger partial charge in [0.1, 0.15) is 0 Å². The van der Waals surface area contributed by atoms with Crippen molar-refractivity contribution in [1.29, 1.82) is 0 Å². The van der Waals surface area contributed by atoms with Gasteiger partial charge in [-0.2, -0.15) is 0 Å². The quantitative estimate of drug-likeness (QED) is 0.798. The summed E-state index contributed by atoms with van der Waals surface area (Å²) in [5, 5.41) is 3.36. The van der Waals surface area contributed by atoms with Crippen LogP contribution < -0.4 is 5.32 Å². The minimum Gasteiger partial charge on any atom is -0.377 e. The molecule has 2 rings (SSSR count). The lowest BCUT2D eigenvalue weighted by Crippen LogP contribution is -2.52. The molecule has 2 heterocycles. The molecule has 5 heteroatoms. The fourth-order valence-electron chi connectivity index (χ4n) is 3.00. The monoisotopic (exact) mass is 269 g/mol. The first-order valence-electron chi connectivity index (χ1n) is 7.50. The molecule has 1 N–H and O–H groups in total. The van der Waals surface area contributed by atoms with E-state index in [0.717, 1.165) is 38.9 Å². The zero-order valence-corrected chi connectivity index (χ0v) is 12.2. The number of hydrogen-bond acceptors (Lipinski definition) is 4. The average molecular weight is 269 g/mol. The molecule has 5 nitrogen and oxygen atoms in total. The highest BCUT2D eigenvalue weighted by Crippen LogP contribution is 2.13. The van der Waals surface area contributed by atoms with Crippen LogP contribution in [0.5, 0.6) is 0 Å². The van der Waals surface area contributed by atoms with Crippen molar-refractivity contribution in [2.45, 2.75) is 38.3 Å². The van der Waals surface area contributed by atoms with Crippen LogP contribution in [0.3, 0.4) is 0 Å². The van der Waals surface area contributed by atoms with Crippen molar-refractivity contribution in [1.82, 2.24) is 15.1 Å². The zero-order chi connectivity index (χ0) is 13.7. The number of piperidine rings is 1. The number of morpholine rings is 1. The van der Waals surface area contributed by atoms with Gasteiger partial charge < -0.3 is 15.0 Å². The standard InChI is InChI=1S/C14H27N3O2/c1-3-12-11-19-9-8-17(12)14(18)10-16(2)13-4-6-15-7-5-13/h12-13,15H,3-11H2,1-2H3. The van der Waals surface area contributed by atoms with Gasteiger partial charge in [0.05, 0.1) is 25.8 Å². The van der Waals surface area contributed by atoms with Crippen LogP contribution in [0.4, 0.5) is 0 Å². The summed E-state index contributed by atoms with van der Waals surface area (Å²) < 4.78 is 5.46. The molecule has 2 aliphatic rings. The van der Waals surface area contributed by atoms with Crippen LogP contribution in [0.25, 0.3) is 0 Å². The summed E-state index contributed by atoms with van der Waals surface area (Å²) in [6.45, 7) is 6.92. The van der Waals surface area contributed by atoms with Gasteiger partial charge >= 0.3 is 0 Å². The summed E-state index contributed by atoms with van der Waals surface area (Å²) in [7, 11) is 2.08. The summed E-state index contributed by atoms with van der Waals surface area (Å²) in [4.78, 5) is 16.7. The van der Waals surface area contributed by atoms with E-state index in [1.807, 2.05) is 4.90 Å². The summed E-state index contributed by atoms with van der Waals surface area (Å²) in [6, 6.07) is 0.814. The maximum absolute atomic E-state index is 12.4. The van der Waals surface area contributed by atoms with Crippen LogP contribution in [0, 0.1) is 0 Å². The zero-order valence-electron chi connectivity index (χ0n) is 12.2. The van der Waals surface area contributed by atoms with E-state index in [1.165, 1.54) is 0 Å². The van der Waals surface area contributed by atoms with E-state index >= 15 is 0 Å². The van der Waals surface area contributed by atoms with Crippen molar-refractivity contribution >= 4 is 5.91 Å². The highest BCUT2D eigenvalue weighted by molar-refractivity contribution is 5.78. The molecule has 0 aromatic heterocycles. The second-order valence-electron chi connectivity index (χ2n) is 5.62. The molecule has 110 valence electrons. The van der Waals surface area contributed by atoms with Crippen molar-refractivity contribution in [3.05, 3.63) is 0 Å². The largest absolute Gasteiger partial charge is 0.377 e. The van der Waals surface area contributed by atoms with Crippen LogP contribution in [0.1, 0.15) is 26.2 Å². The van der Waals surface area contributed by atoms with Gasteiger partial charge in [-0.25, -0.2) is 0 Å². The number of likely N-dealkylation sites (N-methyl/N-ethyl adjacent to an activating group) is 1. The number of carbonyl (C=O) groups excluding carboxylic acids is 1. The summed E-state index contributed by atoms with van der Waals surface area (Å²) in [5.41, 5.74) is 0. The lowest BCUT2D eigenvalue weighted by atomic mass is 10.1. The van der Waals surface area contributed by atoms with Gasteiger partial charge in [-0.15, -0.1) is 0 Å². The smallest absolute Gasteiger partial charge is 0.237 e. The minimum atomic E-state index is 0.260. The second kappa shape index (κ2) is 7.22. The van der Waals surface area contributed by atoms with Gasteiger partial charge in [-0.3, -0.25) is 9.69 Å². The van der Waals surface area contributed by atoms with Crippen molar-refractivity contribution in [3.8, 4) is 0 Å². The predicted octanol–water partition coefficient (Wildman–Crippen LogP) is 0.308. The molecule has 1 amide bonds. The van der Waals surface area contributed by atoms with Crippen LogP contribution in [-0.4, -0.2) is 74.2 Å². The van der Waals surface area contributed by atoms with Gasteiger partial charge in [-0.1, -0.05) is 6.92 Å². The van der Waals surface area contributed by atoms with E-state index < -0.39 is 0 Å². The maximum Gasteiger partial charge on any atom is 0.237 e. The average Bonchev–Trinajstić information content (AvgIpc) is 2.48. The number of rotatable bonds is 4. The third kappa shape index (κ3) is 3.91. The SMILES string of the molecule is CCC1COCCN1C(=O)CN(C)C1CCNCC1. The summed E-state index contributed by atoms with van der Waals surface area (Å²) in [5.74, 6) is 0.260. The molecule has 0 bridgehead atoms. The van der Waals surface area contributed by atoms with Gasteiger partial charge in [0.25, 0.3) is 0 Å². The Morgan fingerprint density at radius 3 is 2.84 bits per heavy atom. The minimum absolute atomic E-state index is 0.260. The van der Waals surface area contributed by atoms with Crippen LogP contribution in [-0.2, 0) is 9.53 Å². The highest BCUT2D eigenvalue weighted by Gasteiger charge is 2.28. The van der Waals surface area contributed by atoms with Crippen molar-refractivity contribution in [3.63, 3.8) is 0 Å². The topological polar surface area (TPSA) is 44.8 Å². The summed E-state index contributed by atoms with van der Waals surface area (Å²) in [6.07, 6.45) is 3.26. The fourth-order valence-corrected chi connectivity index (χ4v) is 3.00. The van der Waals surface area contributed by atoms with Gasteiger partial charge in [0, 0.05) is 12.6 Å². The molecule has 0 aliphatic carbocycles. The number of ether oxygens (including phenoxy) is 1. The molecular formula is C14H27N3O2. The lowest BCUT2D eigenvalue weighted by Gasteiger charge is -2.37. The molecule has 0 aromatic rings. The third-order valence-electron chi connectivity index (χ3n) is 4.34. The normalized spacial score (nSPS) is 25.8. The Morgan fingerprint density at radius 2 is 2.16 bits per heavy atom. The van der Waals surface area contributed by atoms with Gasteiger partial charge in [0.15, 0.2) is 0 Å². The molecule has 2 aliphatic heterocycles. The van der Waals surface area contributed by atoms with E-state index in [2.05, 4.69) is 24.2 Å². The molecule has 0 saturated carbocycles. The number of carbonyl (C=O) groups is 1. The second-order valence-corrected chi connectivity index (χ2v) is 5.62. The van der Waals surface area contributed by atoms with Gasteiger partial charge in [-0.05, 0) is 39.4 Å². The van der Waals surface area contributed by atoms with Crippen molar-refractivity contribution in [2.75, 3.05) is 46.4 Å². The molecule has 0 radical (unpaired) electrons. The fraction of sp³-hybridized carbons (Fsp3) is 0.929. The molecule has 1 unspecified atom stereocenters. The number of nitrogens with zero attached hydrogens (tertiary/aromatic N) is 2. The molecule has 2 fully saturated rings. The predicted molar refractivity (Wildman–Crippen MR) is 75.1 cm³/mol. The Morgan fingerprint density at radius 1 is 1.42 bits per heavy atom. The Labute approximate surface area is 116 Å². The van der Waals surface area contributed by atoms with E-state index in [9.17, 15) is 4.79 Å². The first kappa shape index (κ1) is 14.8. The lowest BCUT2D eigenvalue weighted by molar-refractivity contribution is -0.141. The molecule has 2 saturated heterocycles. The molecule has 1 atom stereocenters. The first-order valence-corrected chi connectivity index (χ1v) is 7.50. The Bertz CT molecular complexity index is 292. The van der Waals surface area contributed by atoms with Crippen LogP contribution in [0.2, 0.25) is 0 Å². The van der Waals surface area contributed by atoms with Crippen LogP contribution >= 0.6 is 0 Å². The van der Waals surface area contributed by atoms with E-state index in [4.69, 9.17) is 4.74 Å². The Kier molecular flexibility index (Phi) is 5.60. The summed E-state index contributed by atoms with van der Waals surface area (Å²) >= 11 is 0. The van der Waals surface area contributed by atoms with Crippen molar-refractivity contribution in [2.24, 2.45) is 0 Å². The highest BCUT2D eigenvalue weighted by atomic mass is 16.5. The number of amides is 1. The molecule has 0 aromatic carbocycles.